The third-order valence-corrected chi connectivity index (χ3v) is 3.50. The number of hydrogen-bond acceptors (Lipinski definition) is 5. The van der Waals surface area contributed by atoms with Gasteiger partial charge >= 0.3 is 0 Å². The van der Waals surface area contributed by atoms with Crippen molar-refractivity contribution in [3.05, 3.63) is 11.2 Å². The smallest absolute Gasteiger partial charge is 0.223 e. The molecule has 0 aliphatic heterocycles. The van der Waals surface area contributed by atoms with Crippen LogP contribution in [-0.4, -0.2) is 40.5 Å². The second-order valence-electron chi connectivity index (χ2n) is 5.32. The van der Waals surface area contributed by atoms with Gasteiger partial charge in [0.15, 0.2) is 0 Å². The Morgan fingerprint density at radius 1 is 1.30 bits per heavy atom. The van der Waals surface area contributed by atoms with E-state index >= 15 is 0 Å². The van der Waals surface area contributed by atoms with Crippen molar-refractivity contribution in [1.82, 2.24) is 14.9 Å². The largest absolute Gasteiger partial charge is 0.368 e. The van der Waals surface area contributed by atoms with Crippen LogP contribution in [0.3, 0.4) is 0 Å². The van der Waals surface area contributed by atoms with Crippen LogP contribution in [0.25, 0.3) is 0 Å². The lowest BCUT2D eigenvalue weighted by molar-refractivity contribution is 0.199. The average Bonchev–Trinajstić information content (AvgIpc) is 2.35. The Kier molecular flexibility index (Phi) is 7.02. The lowest BCUT2D eigenvalue weighted by Gasteiger charge is -2.31. The molecule has 0 aliphatic rings. The number of nitrogens with two attached hydrogens (primary N) is 1. The molecule has 0 aliphatic carbocycles. The van der Waals surface area contributed by atoms with Crippen molar-refractivity contribution in [2.24, 2.45) is 5.92 Å². The lowest BCUT2D eigenvalue weighted by atomic mass is 10.0. The van der Waals surface area contributed by atoms with Crippen LogP contribution < -0.4 is 11.1 Å². The molecular weight excluding hydrogens is 274 g/mol. The summed E-state index contributed by atoms with van der Waals surface area (Å²) in [4.78, 5) is 10.5. The zero-order chi connectivity index (χ0) is 15.1. The molecule has 0 saturated carbocycles. The molecule has 0 saturated heterocycles. The van der Waals surface area contributed by atoms with Crippen LogP contribution in [0, 0.1) is 5.92 Å². The molecule has 1 atom stereocenters. The molecule has 0 spiro atoms. The summed E-state index contributed by atoms with van der Waals surface area (Å²) in [6, 6.07) is 2.17. The molecule has 0 radical (unpaired) electrons. The maximum absolute atomic E-state index is 5.89. The quantitative estimate of drug-likeness (QED) is 0.723. The second-order valence-corrected chi connectivity index (χ2v) is 5.71. The third-order valence-electron chi connectivity index (χ3n) is 3.30. The molecule has 20 heavy (non-hydrogen) atoms. The second kappa shape index (κ2) is 8.27. The minimum Gasteiger partial charge on any atom is -0.368 e. The summed E-state index contributed by atoms with van der Waals surface area (Å²) >= 11 is 5.89. The Bertz CT molecular complexity index is 386. The van der Waals surface area contributed by atoms with Crippen molar-refractivity contribution >= 4 is 23.4 Å². The summed E-state index contributed by atoms with van der Waals surface area (Å²) in [7, 11) is 0. The summed E-state index contributed by atoms with van der Waals surface area (Å²) in [6.07, 6.45) is 1.14. The summed E-state index contributed by atoms with van der Waals surface area (Å²) in [5.41, 5.74) is 5.60. The Morgan fingerprint density at radius 3 is 2.45 bits per heavy atom. The number of nitrogens with zero attached hydrogens (tertiary/aromatic N) is 3. The number of rotatable bonds is 8. The number of aromatic nitrogens is 2. The van der Waals surface area contributed by atoms with Crippen molar-refractivity contribution in [2.75, 3.05) is 30.7 Å². The van der Waals surface area contributed by atoms with E-state index in [0.717, 1.165) is 26.1 Å². The highest BCUT2D eigenvalue weighted by Crippen LogP contribution is 2.15. The van der Waals surface area contributed by atoms with Gasteiger partial charge in [-0.05, 0) is 25.4 Å². The zero-order valence-electron chi connectivity index (χ0n) is 12.9. The van der Waals surface area contributed by atoms with Gasteiger partial charge in [0, 0.05) is 18.7 Å². The number of nitrogens with one attached hydrogen (secondary N) is 1. The minimum absolute atomic E-state index is 0.197. The number of halogens is 1. The fourth-order valence-corrected chi connectivity index (χ4v) is 2.58. The Labute approximate surface area is 126 Å². The minimum atomic E-state index is 0.197. The predicted molar refractivity (Wildman–Crippen MR) is 86.1 cm³/mol. The van der Waals surface area contributed by atoms with Crippen LogP contribution in [0.1, 0.15) is 34.1 Å². The molecular formula is C14H26ClN5. The molecule has 1 unspecified atom stereocenters. The van der Waals surface area contributed by atoms with E-state index in [1.165, 1.54) is 0 Å². The topological polar surface area (TPSA) is 67.1 Å². The Morgan fingerprint density at radius 2 is 1.95 bits per heavy atom. The number of likely N-dealkylation sites (N-methyl/N-ethyl adjacent to an activating group) is 1. The fourth-order valence-electron chi connectivity index (χ4n) is 2.39. The van der Waals surface area contributed by atoms with Gasteiger partial charge in [0.25, 0.3) is 0 Å². The van der Waals surface area contributed by atoms with Gasteiger partial charge in [-0.1, -0.05) is 39.3 Å². The summed E-state index contributed by atoms with van der Waals surface area (Å²) in [5, 5.41) is 3.69. The van der Waals surface area contributed by atoms with Crippen LogP contribution in [0.15, 0.2) is 6.07 Å². The maximum Gasteiger partial charge on any atom is 0.223 e. The highest BCUT2D eigenvalue weighted by Gasteiger charge is 2.17. The molecule has 1 aromatic heterocycles. The van der Waals surface area contributed by atoms with Crippen LogP contribution in [0.2, 0.25) is 5.15 Å². The fraction of sp³-hybridized carbons (Fsp3) is 0.714. The average molecular weight is 300 g/mol. The van der Waals surface area contributed by atoms with Gasteiger partial charge < -0.3 is 11.1 Å². The SMILES string of the molecule is CCN(CC)C(CNc1cc(Cl)nc(N)n1)CC(C)C. The van der Waals surface area contributed by atoms with Gasteiger partial charge in [-0.2, -0.15) is 4.98 Å². The van der Waals surface area contributed by atoms with E-state index in [0.29, 0.717) is 22.9 Å². The van der Waals surface area contributed by atoms with E-state index in [9.17, 15) is 0 Å². The predicted octanol–water partition coefficient (Wildman–Crippen LogP) is 2.88. The monoisotopic (exact) mass is 299 g/mol. The van der Waals surface area contributed by atoms with Crippen LogP contribution in [-0.2, 0) is 0 Å². The van der Waals surface area contributed by atoms with E-state index in [1.54, 1.807) is 6.07 Å². The number of nitrogen functional groups attached to an aromatic ring is 1. The number of hydrogen-bond donors (Lipinski definition) is 2. The first-order chi connectivity index (χ1) is 9.46. The molecule has 5 nitrogen and oxygen atoms in total. The molecule has 0 fully saturated rings. The number of anilines is 2. The molecule has 0 bridgehead atoms. The van der Waals surface area contributed by atoms with Crippen molar-refractivity contribution in [3.8, 4) is 0 Å². The normalized spacial score (nSPS) is 12.9. The highest BCUT2D eigenvalue weighted by molar-refractivity contribution is 6.29. The van der Waals surface area contributed by atoms with Crippen LogP contribution in [0.4, 0.5) is 11.8 Å². The molecule has 114 valence electrons. The van der Waals surface area contributed by atoms with E-state index in [1.807, 2.05) is 0 Å². The molecule has 0 amide bonds. The summed E-state index contributed by atoms with van der Waals surface area (Å²) in [5.74, 6) is 1.54. The van der Waals surface area contributed by atoms with Gasteiger partial charge in [-0.3, -0.25) is 4.90 Å². The van der Waals surface area contributed by atoms with Crippen molar-refractivity contribution < 1.29 is 0 Å². The van der Waals surface area contributed by atoms with Crippen LogP contribution >= 0.6 is 11.6 Å². The highest BCUT2D eigenvalue weighted by atomic mass is 35.5. The first-order valence-electron chi connectivity index (χ1n) is 7.24. The van der Waals surface area contributed by atoms with Gasteiger partial charge in [-0.15, -0.1) is 0 Å². The maximum atomic E-state index is 5.89. The third kappa shape index (κ3) is 5.51. The first kappa shape index (κ1) is 17.0. The van der Waals surface area contributed by atoms with E-state index < -0.39 is 0 Å². The van der Waals surface area contributed by atoms with Gasteiger partial charge in [-0.25, -0.2) is 4.98 Å². The first-order valence-corrected chi connectivity index (χ1v) is 7.62. The lowest BCUT2D eigenvalue weighted by Crippen LogP contribution is -2.40. The molecule has 6 heteroatoms. The van der Waals surface area contributed by atoms with Gasteiger partial charge in [0.05, 0.1) is 0 Å². The molecule has 1 rings (SSSR count). The zero-order valence-corrected chi connectivity index (χ0v) is 13.6. The Hall–Kier alpha value is -1.07. The summed E-state index contributed by atoms with van der Waals surface area (Å²) in [6.45, 7) is 11.8. The van der Waals surface area contributed by atoms with Crippen molar-refractivity contribution in [2.45, 2.75) is 40.2 Å². The molecule has 1 aromatic rings. The molecule has 1 heterocycles. The van der Waals surface area contributed by atoms with E-state index in [-0.39, 0.29) is 5.95 Å². The van der Waals surface area contributed by atoms with E-state index in [2.05, 4.69) is 47.9 Å². The standard InChI is InChI=1S/C14H26ClN5/c1-5-20(6-2)11(7-10(3)4)9-17-13-8-12(15)18-14(16)19-13/h8,10-11H,5-7,9H2,1-4H3,(H3,16,17,18,19). The Balaban J connectivity index is 2.69. The molecule has 0 aromatic carbocycles. The summed E-state index contributed by atoms with van der Waals surface area (Å²) < 4.78 is 0. The van der Waals surface area contributed by atoms with E-state index in [4.69, 9.17) is 17.3 Å². The van der Waals surface area contributed by atoms with Crippen molar-refractivity contribution in [3.63, 3.8) is 0 Å². The van der Waals surface area contributed by atoms with Crippen molar-refractivity contribution in [1.29, 1.82) is 0 Å². The van der Waals surface area contributed by atoms with Gasteiger partial charge in [0.1, 0.15) is 11.0 Å². The van der Waals surface area contributed by atoms with Crippen LogP contribution in [0.5, 0.6) is 0 Å². The molecule has 3 N–H and O–H groups in total. The van der Waals surface area contributed by atoms with Gasteiger partial charge in [0.2, 0.25) is 5.95 Å².